The fourth-order valence-electron chi connectivity index (χ4n) is 2.09. The number of carbonyl (C=O) groups excluding carboxylic acids is 1. The molecule has 0 atom stereocenters. The van der Waals surface area contributed by atoms with Gasteiger partial charge in [-0.3, -0.25) is 0 Å². The number of hydrogen-bond acceptors (Lipinski definition) is 3. The topological polar surface area (TPSA) is 63.6 Å². The summed E-state index contributed by atoms with van der Waals surface area (Å²) in [6.07, 6.45) is 0. The van der Waals surface area contributed by atoms with Gasteiger partial charge in [-0.1, -0.05) is 29.8 Å². The minimum Gasteiger partial charge on any atom is -0.478 e. The van der Waals surface area contributed by atoms with E-state index in [-0.39, 0.29) is 11.5 Å². The highest BCUT2D eigenvalue weighted by atomic mass is 16.5. The van der Waals surface area contributed by atoms with E-state index in [0.717, 1.165) is 11.1 Å². The van der Waals surface area contributed by atoms with Gasteiger partial charge in [0.25, 0.3) is 0 Å². The largest absolute Gasteiger partial charge is 0.478 e. The van der Waals surface area contributed by atoms with Crippen LogP contribution in [0.3, 0.4) is 0 Å². The molecule has 4 heteroatoms. The molecule has 0 saturated carbocycles. The summed E-state index contributed by atoms with van der Waals surface area (Å²) in [5, 5.41) is 9.29. The number of benzene rings is 2. The van der Waals surface area contributed by atoms with E-state index >= 15 is 0 Å². The lowest BCUT2D eigenvalue weighted by molar-refractivity contribution is 0.0526. The highest BCUT2D eigenvalue weighted by Crippen LogP contribution is 2.25. The number of aromatic carboxylic acids is 1. The fraction of sp³-hybridized carbons (Fsp3) is 0.176. The molecule has 21 heavy (non-hydrogen) atoms. The Labute approximate surface area is 123 Å². The normalized spacial score (nSPS) is 10.2. The van der Waals surface area contributed by atoms with Gasteiger partial charge in [0.2, 0.25) is 0 Å². The van der Waals surface area contributed by atoms with Crippen molar-refractivity contribution in [2.45, 2.75) is 13.8 Å². The second-order valence-corrected chi connectivity index (χ2v) is 4.65. The monoisotopic (exact) mass is 284 g/mol. The van der Waals surface area contributed by atoms with Crippen molar-refractivity contribution < 1.29 is 19.4 Å². The summed E-state index contributed by atoms with van der Waals surface area (Å²) in [5.41, 5.74) is 2.96. The molecule has 0 amide bonds. The maximum Gasteiger partial charge on any atom is 0.338 e. The quantitative estimate of drug-likeness (QED) is 0.872. The third-order valence-electron chi connectivity index (χ3n) is 3.11. The number of rotatable bonds is 4. The highest BCUT2D eigenvalue weighted by Gasteiger charge is 2.13. The summed E-state index contributed by atoms with van der Waals surface area (Å²) in [7, 11) is 0. The molecule has 0 aromatic heterocycles. The number of carboxylic acid groups (broad SMARTS) is 1. The van der Waals surface area contributed by atoms with Crippen molar-refractivity contribution in [1.29, 1.82) is 0 Å². The second kappa shape index (κ2) is 6.22. The van der Waals surface area contributed by atoms with Crippen LogP contribution in [0.1, 0.15) is 33.2 Å². The van der Waals surface area contributed by atoms with Gasteiger partial charge in [-0.25, -0.2) is 9.59 Å². The molecule has 0 radical (unpaired) electrons. The van der Waals surface area contributed by atoms with E-state index in [1.807, 2.05) is 13.0 Å². The van der Waals surface area contributed by atoms with Crippen LogP contribution in [0.5, 0.6) is 0 Å². The summed E-state index contributed by atoms with van der Waals surface area (Å²) in [6.45, 7) is 3.92. The van der Waals surface area contributed by atoms with E-state index < -0.39 is 5.97 Å². The lowest BCUT2D eigenvalue weighted by Gasteiger charge is -2.08. The number of esters is 1. The van der Waals surface area contributed by atoms with Crippen molar-refractivity contribution in [3.63, 3.8) is 0 Å². The first-order valence-corrected chi connectivity index (χ1v) is 6.64. The molecule has 0 spiro atoms. The molecule has 108 valence electrons. The average Bonchev–Trinajstić information content (AvgIpc) is 2.47. The molecule has 0 aliphatic heterocycles. The molecule has 2 aromatic carbocycles. The van der Waals surface area contributed by atoms with Crippen LogP contribution in [-0.2, 0) is 4.74 Å². The van der Waals surface area contributed by atoms with E-state index in [1.54, 1.807) is 43.3 Å². The lowest BCUT2D eigenvalue weighted by atomic mass is 9.97. The van der Waals surface area contributed by atoms with Crippen LogP contribution in [0.2, 0.25) is 0 Å². The zero-order valence-corrected chi connectivity index (χ0v) is 11.9. The van der Waals surface area contributed by atoms with Crippen LogP contribution < -0.4 is 0 Å². The Bertz CT molecular complexity index is 672. The summed E-state index contributed by atoms with van der Waals surface area (Å²) in [6, 6.07) is 12.0. The van der Waals surface area contributed by atoms with Gasteiger partial charge in [0.15, 0.2) is 0 Å². The first-order chi connectivity index (χ1) is 10.0. The van der Waals surface area contributed by atoms with Crippen LogP contribution in [0.4, 0.5) is 0 Å². The first-order valence-electron chi connectivity index (χ1n) is 6.64. The molecule has 4 nitrogen and oxygen atoms in total. The molecule has 0 unspecified atom stereocenters. The van der Waals surface area contributed by atoms with Crippen LogP contribution in [-0.4, -0.2) is 23.7 Å². The summed E-state index contributed by atoms with van der Waals surface area (Å²) < 4.78 is 4.92. The minimum absolute atomic E-state index is 0.249. The molecule has 2 rings (SSSR count). The van der Waals surface area contributed by atoms with Crippen molar-refractivity contribution in [3.8, 4) is 11.1 Å². The summed E-state index contributed by atoms with van der Waals surface area (Å²) in [5.74, 6) is -1.35. The zero-order valence-electron chi connectivity index (χ0n) is 11.9. The lowest BCUT2D eigenvalue weighted by Crippen LogP contribution is -2.04. The SMILES string of the molecule is CCOC(=O)c1ccc(-c2ccc(C)cc2C(=O)O)cc1. The zero-order chi connectivity index (χ0) is 15.4. The number of aryl methyl sites for hydroxylation is 1. The van der Waals surface area contributed by atoms with Crippen molar-refractivity contribution in [1.82, 2.24) is 0 Å². The van der Waals surface area contributed by atoms with Gasteiger partial charge in [-0.2, -0.15) is 0 Å². The Morgan fingerprint density at radius 3 is 2.33 bits per heavy atom. The molecular formula is C17H16O4. The van der Waals surface area contributed by atoms with Crippen molar-refractivity contribution in [2.75, 3.05) is 6.61 Å². The Kier molecular flexibility index (Phi) is 4.38. The number of carboxylic acids is 1. The average molecular weight is 284 g/mol. The molecule has 0 aliphatic rings. The molecule has 2 aromatic rings. The first kappa shape index (κ1) is 14.8. The summed E-state index contributed by atoms with van der Waals surface area (Å²) in [4.78, 5) is 22.9. The molecule has 0 heterocycles. The minimum atomic E-state index is -0.969. The fourth-order valence-corrected chi connectivity index (χ4v) is 2.09. The van der Waals surface area contributed by atoms with Gasteiger partial charge in [-0.15, -0.1) is 0 Å². The van der Waals surface area contributed by atoms with Gasteiger partial charge in [0.1, 0.15) is 0 Å². The molecule has 0 saturated heterocycles. The molecule has 0 fully saturated rings. The van der Waals surface area contributed by atoms with Crippen LogP contribution in [0.25, 0.3) is 11.1 Å². The van der Waals surface area contributed by atoms with Crippen LogP contribution in [0.15, 0.2) is 42.5 Å². The van der Waals surface area contributed by atoms with E-state index in [0.29, 0.717) is 17.7 Å². The van der Waals surface area contributed by atoms with Gasteiger partial charge in [-0.05, 0) is 43.2 Å². The van der Waals surface area contributed by atoms with E-state index in [4.69, 9.17) is 4.74 Å². The highest BCUT2D eigenvalue weighted by molar-refractivity contribution is 5.97. The Morgan fingerprint density at radius 2 is 1.76 bits per heavy atom. The standard InChI is InChI=1S/C17H16O4/c1-3-21-17(20)13-7-5-12(6-8-13)14-9-4-11(2)10-15(14)16(18)19/h4-10H,3H2,1-2H3,(H,18,19). The Hall–Kier alpha value is -2.62. The van der Waals surface area contributed by atoms with Crippen molar-refractivity contribution in [3.05, 3.63) is 59.2 Å². The van der Waals surface area contributed by atoms with E-state index in [9.17, 15) is 14.7 Å². The van der Waals surface area contributed by atoms with Gasteiger partial charge >= 0.3 is 11.9 Å². The Balaban J connectivity index is 2.39. The van der Waals surface area contributed by atoms with Crippen molar-refractivity contribution >= 4 is 11.9 Å². The van der Waals surface area contributed by atoms with E-state index in [1.165, 1.54) is 0 Å². The van der Waals surface area contributed by atoms with Gasteiger partial charge < -0.3 is 9.84 Å². The number of hydrogen-bond donors (Lipinski definition) is 1. The van der Waals surface area contributed by atoms with Gasteiger partial charge in [0.05, 0.1) is 17.7 Å². The predicted octanol–water partition coefficient (Wildman–Crippen LogP) is 3.54. The number of carbonyl (C=O) groups is 2. The summed E-state index contributed by atoms with van der Waals surface area (Å²) >= 11 is 0. The number of ether oxygens (including phenoxy) is 1. The maximum absolute atomic E-state index is 11.6. The molecular weight excluding hydrogens is 268 g/mol. The third-order valence-corrected chi connectivity index (χ3v) is 3.11. The Morgan fingerprint density at radius 1 is 1.10 bits per heavy atom. The third kappa shape index (κ3) is 3.28. The van der Waals surface area contributed by atoms with Crippen LogP contribution >= 0.6 is 0 Å². The van der Waals surface area contributed by atoms with Crippen molar-refractivity contribution in [2.24, 2.45) is 0 Å². The smallest absolute Gasteiger partial charge is 0.338 e. The maximum atomic E-state index is 11.6. The van der Waals surface area contributed by atoms with E-state index in [2.05, 4.69) is 0 Å². The molecule has 0 aliphatic carbocycles. The molecule has 1 N–H and O–H groups in total. The predicted molar refractivity (Wildman–Crippen MR) is 79.5 cm³/mol. The van der Waals surface area contributed by atoms with Gasteiger partial charge in [0, 0.05) is 0 Å². The second-order valence-electron chi connectivity index (χ2n) is 4.65. The van der Waals surface area contributed by atoms with Crippen LogP contribution in [0, 0.1) is 6.92 Å². The molecule has 0 bridgehead atoms.